The number of nitrogens with one attached hydrogen (secondary N) is 2. The highest BCUT2D eigenvalue weighted by Gasteiger charge is 2.43. The van der Waals surface area contributed by atoms with Crippen molar-refractivity contribution in [3.05, 3.63) is 90.0 Å². The fraction of sp³-hybridized carbons (Fsp3) is 0.258. The Morgan fingerprint density at radius 1 is 1.05 bits per heavy atom. The molecule has 210 valence electrons. The summed E-state index contributed by atoms with van der Waals surface area (Å²) < 4.78 is 5.26. The van der Waals surface area contributed by atoms with E-state index in [4.69, 9.17) is 9.73 Å². The SMILES string of the molecule is CC[C@H](SC1=Nc2ccccc2C2=N[C@@H](CC(=O)NCCc3ccccc3)C(=O)N12)C(=O)Nc1cccc(OC)c1. The summed E-state index contributed by atoms with van der Waals surface area (Å²) in [6.07, 6.45) is 1.13. The molecule has 0 radical (unpaired) electrons. The zero-order valence-electron chi connectivity index (χ0n) is 22.9. The molecule has 3 aromatic rings. The molecule has 41 heavy (non-hydrogen) atoms. The van der Waals surface area contributed by atoms with Gasteiger partial charge < -0.3 is 15.4 Å². The minimum atomic E-state index is -0.871. The summed E-state index contributed by atoms with van der Waals surface area (Å²) in [5, 5.41) is 5.67. The van der Waals surface area contributed by atoms with Gasteiger partial charge in [-0.05, 0) is 42.7 Å². The van der Waals surface area contributed by atoms with Crippen molar-refractivity contribution in [1.82, 2.24) is 10.2 Å². The molecular formula is C31H31N5O4S. The summed E-state index contributed by atoms with van der Waals surface area (Å²) >= 11 is 1.21. The molecule has 0 aliphatic carbocycles. The van der Waals surface area contributed by atoms with Crippen molar-refractivity contribution < 1.29 is 19.1 Å². The lowest BCUT2D eigenvalue weighted by Crippen LogP contribution is -2.43. The normalized spacial score (nSPS) is 16.2. The molecule has 3 aromatic carbocycles. The molecule has 0 bridgehead atoms. The van der Waals surface area contributed by atoms with Crippen molar-refractivity contribution in [2.75, 3.05) is 19.0 Å². The van der Waals surface area contributed by atoms with Gasteiger partial charge in [-0.3, -0.25) is 19.4 Å². The second kappa shape index (κ2) is 12.8. The molecule has 0 saturated heterocycles. The van der Waals surface area contributed by atoms with Crippen molar-refractivity contribution in [3.63, 3.8) is 0 Å². The van der Waals surface area contributed by atoms with Gasteiger partial charge in [-0.25, -0.2) is 9.89 Å². The molecule has 2 heterocycles. The first-order valence-electron chi connectivity index (χ1n) is 13.5. The lowest BCUT2D eigenvalue weighted by molar-refractivity contribution is -0.128. The predicted octanol–water partition coefficient (Wildman–Crippen LogP) is 4.55. The number of fused-ring (bicyclic) bond motifs is 3. The van der Waals surface area contributed by atoms with Crippen LogP contribution in [0.3, 0.4) is 0 Å². The average molecular weight is 570 g/mol. The number of amidine groups is 2. The Bertz CT molecular complexity index is 1510. The summed E-state index contributed by atoms with van der Waals surface area (Å²) in [5.41, 5.74) is 3.11. The van der Waals surface area contributed by atoms with Crippen molar-refractivity contribution in [3.8, 4) is 5.75 Å². The van der Waals surface area contributed by atoms with E-state index in [1.165, 1.54) is 16.7 Å². The van der Waals surface area contributed by atoms with Gasteiger partial charge in [-0.1, -0.05) is 67.2 Å². The second-order valence-corrected chi connectivity index (χ2v) is 10.7. The molecule has 0 aromatic heterocycles. The summed E-state index contributed by atoms with van der Waals surface area (Å²) in [6.45, 7) is 2.37. The van der Waals surface area contributed by atoms with E-state index in [1.807, 2.05) is 61.5 Å². The smallest absolute Gasteiger partial charge is 0.259 e. The van der Waals surface area contributed by atoms with Gasteiger partial charge in [0.15, 0.2) is 5.17 Å². The number of hydrogen-bond donors (Lipinski definition) is 2. The molecule has 5 rings (SSSR count). The highest BCUT2D eigenvalue weighted by molar-refractivity contribution is 8.15. The van der Waals surface area contributed by atoms with Crippen LogP contribution in [0.1, 0.15) is 30.9 Å². The first-order valence-corrected chi connectivity index (χ1v) is 14.4. The van der Waals surface area contributed by atoms with Crippen molar-refractivity contribution >= 4 is 51.9 Å². The number of rotatable bonds is 10. The molecule has 2 atom stereocenters. The topological polar surface area (TPSA) is 112 Å². The first-order chi connectivity index (χ1) is 20.0. The molecule has 0 fully saturated rings. The molecule has 0 unspecified atom stereocenters. The van der Waals surface area contributed by atoms with E-state index >= 15 is 0 Å². The van der Waals surface area contributed by atoms with Crippen LogP contribution in [0, 0.1) is 0 Å². The number of hydrogen-bond acceptors (Lipinski definition) is 7. The van der Waals surface area contributed by atoms with Gasteiger partial charge in [-0.2, -0.15) is 0 Å². The molecule has 0 spiro atoms. The fourth-order valence-electron chi connectivity index (χ4n) is 4.63. The molecular weight excluding hydrogens is 538 g/mol. The maximum Gasteiger partial charge on any atom is 0.259 e. The van der Waals surface area contributed by atoms with Crippen molar-refractivity contribution in [1.29, 1.82) is 0 Å². The number of thioether (sulfide) groups is 1. The minimum absolute atomic E-state index is 0.0682. The summed E-state index contributed by atoms with van der Waals surface area (Å²) in [5.74, 6) is 0.296. The molecule has 3 amide bonds. The lowest BCUT2D eigenvalue weighted by Gasteiger charge is -2.27. The maximum absolute atomic E-state index is 13.6. The summed E-state index contributed by atoms with van der Waals surface area (Å²) in [6, 6.07) is 23.6. The Hall–Kier alpha value is -4.44. The van der Waals surface area contributed by atoms with Crippen molar-refractivity contribution in [2.24, 2.45) is 9.98 Å². The van der Waals surface area contributed by atoms with Crippen LogP contribution >= 0.6 is 11.8 Å². The predicted molar refractivity (Wildman–Crippen MR) is 162 cm³/mol. The first kappa shape index (κ1) is 28.1. The van der Waals surface area contributed by atoms with Gasteiger partial charge in [0, 0.05) is 23.9 Å². The second-order valence-electron chi connectivity index (χ2n) is 9.58. The number of ether oxygens (including phenoxy) is 1. The third-order valence-corrected chi connectivity index (χ3v) is 8.07. The van der Waals surface area contributed by atoms with Gasteiger partial charge in [0.25, 0.3) is 5.91 Å². The maximum atomic E-state index is 13.6. The van der Waals surface area contributed by atoms with Crippen molar-refractivity contribution in [2.45, 2.75) is 37.5 Å². The number of carbonyl (C=O) groups excluding carboxylic acids is 3. The number of aliphatic imine (C=N–C) groups is 2. The van der Waals surface area contributed by atoms with E-state index in [9.17, 15) is 14.4 Å². The van der Waals surface area contributed by atoms with Crippen LogP contribution in [0.5, 0.6) is 5.75 Å². The highest BCUT2D eigenvalue weighted by atomic mass is 32.2. The lowest BCUT2D eigenvalue weighted by atomic mass is 10.1. The largest absolute Gasteiger partial charge is 0.497 e. The Balaban J connectivity index is 1.30. The summed E-state index contributed by atoms with van der Waals surface area (Å²) in [7, 11) is 1.57. The third-order valence-electron chi connectivity index (χ3n) is 6.75. The van der Waals surface area contributed by atoms with E-state index in [2.05, 4.69) is 15.6 Å². The number of para-hydroxylation sites is 1. The number of anilines is 1. The highest BCUT2D eigenvalue weighted by Crippen LogP contribution is 2.36. The van der Waals surface area contributed by atoms with Gasteiger partial charge in [0.2, 0.25) is 11.8 Å². The fourth-order valence-corrected chi connectivity index (χ4v) is 5.65. The molecule has 2 N–H and O–H groups in total. The van der Waals surface area contributed by atoms with Gasteiger partial charge in [-0.15, -0.1) is 0 Å². The van der Waals surface area contributed by atoms with Crippen LogP contribution in [-0.2, 0) is 20.8 Å². The quantitative estimate of drug-likeness (QED) is 0.372. The van der Waals surface area contributed by atoms with Gasteiger partial charge in [0.1, 0.15) is 17.6 Å². The Morgan fingerprint density at radius 2 is 1.83 bits per heavy atom. The minimum Gasteiger partial charge on any atom is -0.497 e. The molecule has 10 heteroatoms. The van der Waals surface area contributed by atoms with Crippen LogP contribution in [0.25, 0.3) is 0 Å². The zero-order valence-corrected chi connectivity index (χ0v) is 23.7. The van der Waals surface area contributed by atoms with E-state index in [0.29, 0.717) is 53.1 Å². The Kier molecular flexibility index (Phi) is 8.79. The van der Waals surface area contributed by atoms with E-state index in [0.717, 1.165) is 5.56 Å². The average Bonchev–Trinajstić information content (AvgIpc) is 3.32. The van der Waals surface area contributed by atoms with E-state index in [1.54, 1.807) is 31.4 Å². The van der Waals surface area contributed by atoms with Crippen LogP contribution in [0.2, 0.25) is 0 Å². The summed E-state index contributed by atoms with van der Waals surface area (Å²) in [4.78, 5) is 50.5. The third kappa shape index (κ3) is 6.49. The van der Waals surface area contributed by atoms with Crippen LogP contribution in [0.15, 0.2) is 88.8 Å². The number of methoxy groups -OCH3 is 1. The Morgan fingerprint density at radius 3 is 2.61 bits per heavy atom. The molecule has 9 nitrogen and oxygen atoms in total. The van der Waals surface area contributed by atoms with E-state index in [-0.39, 0.29) is 24.1 Å². The van der Waals surface area contributed by atoms with Crippen LogP contribution < -0.4 is 15.4 Å². The number of nitrogens with zero attached hydrogens (tertiary/aromatic N) is 3. The number of amides is 3. The van der Waals surface area contributed by atoms with E-state index < -0.39 is 11.3 Å². The van der Waals surface area contributed by atoms with Crippen LogP contribution in [-0.4, -0.2) is 58.6 Å². The number of carbonyl (C=O) groups is 3. The van der Waals surface area contributed by atoms with Crippen LogP contribution in [0.4, 0.5) is 11.4 Å². The number of benzene rings is 3. The molecule has 2 aliphatic heterocycles. The zero-order chi connectivity index (χ0) is 28.8. The van der Waals surface area contributed by atoms with Gasteiger partial charge >= 0.3 is 0 Å². The van der Waals surface area contributed by atoms with Gasteiger partial charge in [0.05, 0.1) is 24.5 Å². The standard InChI is InChI=1S/C31H31N5O4S/c1-3-26(29(38)33-21-12-9-13-22(18-21)40-2)41-31-35-24-15-8-7-14-23(24)28-34-25(30(39)36(28)31)19-27(37)32-17-16-20-10-5-4-6-11-20/h4-15,18,25-26H,3,16-17,19H2,1-2H3,(H,32,37)(H,33,38)/t25-,26-/m0/s1. The Labute approximate surface area is 243 Å². The monoisotopic (exact) mass is 569 g/mol. The molecule has 0 saturated carbocycles. The molecule has 2 aliphatic rings.